The van der Waals surface area contributed by atoms with Gasteiger partial charge in [0, 0.05) is 25.3 Å². The van der Waals surface area contributed by atoms with Gasteiger partial charge in [-0.15, -0.1) is 12.4 Å². The number of hydrogen-bond acceptors (Lipinski definition) is 3. The van der Waals surface area contributed by atoms with Crippen molar-refractivity contribution < 1.29 is 9.53 Å². The number of hydrogen-bond donors (Lipinski definition) is 2. The molecule has 1 unspecified atom stereocenters. The van der Waals surface area contributed by atoms with Gasteiger partial charge in [0.2, 0.25) is 5.91 Å². The van der Waals surface area contributed by atoms with E-state index >= 15 is 0 Å². The highest BCUT2D eigenvalue weighted by Crippen LogP contribution is 2.17. The Hall–Kier alpha value is -1.10. The van der Waals surface area contributed by atoms with Crippen molar-refractivity contribution in [1.29, 1.82) is 0 Å². The van der Waals surface area contributed by atoms with Crippen LogP contribution in [0.5, 0.6) is 0 Å². The summed E-state index contributed by atoms with van der Waals surface area (Å²) in [5, 5.41) is 2.90. The normalized spacial score (nSPS) is 18.1. The number of anilines is 1. The molecule has 0 bridgehead atoms. The molecule has 112 valence electrons. The van der Waals surface area contributed by atoms with Crippen LogP contribution in [-0.2, 0) is 16.1 Å². The Morgan fingerprint density at radius 1 is 1.30 bits per heavy atom. The summed E-state index contributed by atoms with van der Waals surface area (Å²) in [6.45, 7) is 1.36. The Balaban J connectivity index is 0.00000200. The van der Waals surface area contributed by atoms with Crippen LogP contribution in [0.3, 0.4) is 0 Å². The Kier molecular flexibility index (Phi) is 7.59. The van der Waals surface area contributed by atoms with Crippen LogP contribution < -0.4 is 11.1 Å². The Labute approximate surface area is 126 Å². The summed E-state index contributed by atoms with van der Waals surface area (Å²) in [6.07, 6.45) is 5.04. The summed E-state index contributed by atoms with van der Waals surface area (Å²) in [5.74, 6) is 0.0506. The number of carbonyl (C=O) groups excluding carboxylic acids is 1. The van der Waals surface area contributed by atoms with Gasteiger partial charge in [0.05, 0.1) is 6.10 Å². The lowest BCUT2D eigenvalue weighted by molar-refractivity contribution is -0.117. The van der Waals surface area contributed by atoms with Crippen LogP contribution in [-0.4, -0.2) is 18.6 Å². The first-order valence-corrected chi connectivity index (χ1v) is 6.98. The molecule has 20 heavy (non-hydrogen) atoms. The van der Waals surface area contributed by atoms with E-state index in [0.29, 0.717) is 13.0 Å². The first-order valence-electron chi connectivity index (χ1n) is 6.98. The van der Waals surface area contributed by atoms with E-state index in [2.05, 4.69) is 5.32 Å². The molecule has 0 aliphatic carbocycles. The van der Waals surface area contributed by atoms with E-state index in [0.717, 1.165) is 37.1 Å². The zero-order chi connectivity index (χ0) is 13.5. The van der Waals surface area contributed by atoms with E-state index in [1.165, 1.54) is 6.42 Å². The Bertz CT molecular complexity index is 403. The number of halogens is 1. The second-order valence-corrected chi connectivity index (χ2v) is 4.98. The molecule has 1 aromatic carbocycles. The zero-order valence-electron chi connectivity index (χ0n) is 11.6. The SMILES string of the molecule is Cl.NCc1ccc(NC(=O)CCC2CCCCO2)cc1. The molecule has 1 atom stereocenters. The van der Waals surface area contributed by atoms with E-state index < -0.39 is 0 Å². The average molecular weight is 299 g/mol. The molecule has 2 rings (SSSR count). The lowest BCUT2D eigenvalue weighted by Gasteiger charge is -2.22. The third-order valence-corrected chi connectivity index (χ3v) is 3.44. The summed E-state index contributed by atoms with van der Waals surface area (Å²) in [5.41, 5.74) is 7.42. The molecule has 1 heterocycles. The van der Waals surface area contributed by atoms with Crippen molar-refractivity contribution in [2.45, 2.75) is 44.8 Å². The fraction of sp³-hybridized carbons (Fsp3) is 0.533. The minimum atomic E-state index is 0. The van der Waals surface area contributed by atoms with Gasteiger partial charge in [-0.3, -0.25) is 4.79 Å². The van der Waals surface area contributed by atoms with Crippen molar-refractivity contribution in [2.75, 3.05) is 11.9 Å². The number of amides is 1. The van der Waals surface area contributed by atoms with Crippen molar-refractivity contribution in [3.63, 3.8) is 0 Å². The minimum absolute atomic E-state index is 0. The maximum absolute atomic E-state index is 11.8. The van der Waals surface area contributed by atoms with Crippen molar-refractivity contribution in [1.82, 2.24) is 0 Å². The minimum Gasteiger partial charge on any atom is -0.378 e. The molecule has 1 saturated heterocycles. The third-order valence-electron chi connectivity index (χ3n) is 3.44. The molecule has 4 nitrogen and oxygen atoms in total. The fourth-order valence-corrected chi connectivity index (χ4v) is 2.27. The van der Waals surface area contributed by atoms with Gasteiger partial charge in [-0.05, 0) is 43.4 Å². The molecule has 1 aromatic rings. The first kappa shape index (κ1) is 17.0. The lowest BCUT2D eigenvalue weighted by atomic mass is 10.0. The second-order valence-electron chi connectivity index (χ2n) is 4.98. The topological polar surface area (TPSA) is 64.3 Å². The molecule has 0 spiro atoms. The zero-order valence-corrected chi connectivity index (χ0v) is 12.5. The average Bonchev–Trinajstić information content (AvgIpc) is 2.47. The fourth-order valence-electron chi connectivity index (χ4n) is 2.27. The molecule has 1 amide bonds. The van der Waals surface area contributed by atoms with Gasteiger partial charge in [-0.1, -0.05) is 12.1 Å². The molecular weight excluding hydrogens is 276 g/mol. The van der Waals surface area contributed by atoms with Gasteiger partial charge >= 0.3 is 0 Å². The number of benzene rings is 1. The van der Waals surface area contributed by atoms with Crippen LogP contribution in [0.15, 0.2) is 24.3 Å². The van der Waals surface area contributed by atoms with Gasteiger partial charge in [0.15, 0.2) is 0 Å². The summed E-state index contributed by atoms with van der Waals surface area (Å²) in [6, 6.07) is 7.63. The number of ether oxygens (including phenoxy) is 1. The van der Waals surface area contributed by atoms with Gasteiger partial charge in [-0.2, -0.15) is 0 Å². The molecule has 0 radical (unpaired) electrons. The molecule has 5 heteroatoms. The number of nitrogens with two attached hydrogens (primary N) is 1. The molecule has 3 N–H and O–H groups in total. The van der Waals surface area contributed by atoms with Gasteiger partial charge in [0.25, 0.3) is 0 Å². The van der Waals surface area contributed by atoms with Crippen molar-refractivity contribution in [3.05, 3.63) is 29.8 Å². The highest BCUT2D eigenvalue weighted by Gasteiger charge is 2.15. The van der Waals surface area contributed by atoms with Crippen LogP contribution in [0.4, 0.5) is 5.69 Å². The second kappa shape index (κ2) is 8.95. The summed E-state index contributed by atoms with van der Waals surface area (Å²) >= 11 is 0. The number of rotatable bonds is 5. The standard InChI is InChI=1S/C15H22N2O2.ClH/c16-11-12-4-6-13(7-5-12)17-15(18)9-8-14-3-1-2-10-19-14;/h4-7,14H,1-3,8-11,16H2,(H,17,18);1H. The molecule has 1 aliphatic rings. The first-order chi connectivity index (χ1) is 9.28. The van der Waals surface area contributed by atoms with Gasteiger partial charge < -0.3 is 15.8 Å². The van der Waals surface area contributed by atoms with E-state index in [9.17, 15) is 4.79 Å². The number of carbonyl (C=O) groups is 1. The van der Waals surface area contributed by atoms with Crippen LogP contribution in [0.1, 0.15) is 37.7 Å². The predicted octanol–water partition coefficient (Wildman–Crippen LogP) is 2.85. The van der Waals surface area contributed by atoms with Crippen LogP contribution >= 0.6 is 12.4 Å². The molecule has 0 aromatic heterocycles. The maximum atomic E-state index is 11.8. The van der Waals surface area contributed by atoms with E-state index in [1.54, 1.807) is 0 Å². The van der Waals surface area contributed by atoms with Gasteiger partial charge in [0.1, 0.15) is 0 Å². The van der Waals surface area contributed by atoms with Crippen LogP contribution in [0.2, 0.25) is 0 Å². The Morgan fingerprint density at radius 2 is 2.05 bits per heavy atom. The quantitative estimate of drug-likeness (QED) is 0.878. The predicted molar refractivity (Wildman–Crippen MR) is 83.0 cm³/mol. The van der Waals surface area contributed by atoms with Crippen molar-refractivity contribution in [3.8, 4) is 0 Å². The third kappa shape index (κ3) is 5.49. The summed E-state index contributed by atoms with van der Waals surface area (Å²) in [7, 11) is 0. The largest absolute Gasteiger partial charge is 0.378 e. The van der Waals surface area contributed by atoms with Gasteiger partial charge in [-0.25, -0.2) is 0 Å². The number of nitrogens with one attached hydrogen (secondary N) is 1. The Morgan fingerprint density at radius 3 is 2.65 bits per heavy atom. The smallest absolute Gasteiger partial charge is 0.224 e. The molecule has 1 aliphatic heterocycles. The van der Waals surface area contributed by atoms with Crippen molar-refractivity contribution in [2.24, 2.45) is 5.73 Å². The summed E-state index contributed by atoms with van der Waals surface area (Å²) in [4.78, 5) is 11.8. The highest BCUT2D eigenvalue weighted by molar-refractivity contribution is 5.90. The van der Waals surface area contributed by atoms with E-state index in [4.69, 9.17) is 10.5 Å². The lowest BCUT2D eigenvalue weighted by Crippen LogP contribution is -2.21. The van der Waals surface area contributed by atoms with Crippen LogP contribution in [0.25, 0.3) is 0 Å². The monoisotopic (exact) mass is 298 g/mol. The van der Waals surface area contributed by atoms with E-state index in [-0.39, 0.29) is 24.4 Å². The molecular formula is C15H23ClN2O2. The summed E-state index contributed by atoms with van der Waals surface area (Å²) < 4.78 is 5.61. The van der Waals surface area contributed by atoms with Crippen molar-refractivity contribution >= 4 is 24.0 Å². The molecule has 0 saturated carbocycles. The van der Waals surface area contributed by atoms with Crippen LogP contribution in [0, 0.1) is 0 Å². The van der Waals surface area contributed by atoms with E-state index in [1.807, 2.05) is 24.3 Å². The highest BCUT2D eigenvalue weighted by atomic mass is 35.5. The maximum Gasteiger partial charge on any atom is 0.224 e. The molecule has 1 fully saturated rings.